The molecule has 1 fully saturated rings. The molecule has 2 aromatic carbocycles. The number of ether oxygens (including phenoxy) is 2. The van der Waals surface area contributed by atoms with Gasteiger partial charge in [-0.3, -0.25) is 9.59 Å². The second-order valence-electron chi connectivity index (χ2n) is 7.40. The summed E-state index contributed by atoms with van der Waals surface area (Å²) in [6, 6.07) is 14.2. The molecule has 29 heavy (non-hydrogen) atoms. The first kappa shape index (κ1) is 20.7. The summed E-state index contributed by atoms with van der Waals surface area (Å²) >= 11 is 0. The molecular formula is C23H28N2O4. The molecule has 0 radical (unpaired) electrons. The van der Waals surface area contributed by atoms with Crippen molar-refractivity contribution in [3.8, 4) is 11.5 Å². The van der Waals surface area contributed by atoms with Crippen molar-refractivity contribution in [1.29, 1.82) is 0 Å². The van der Waals surface area contributed by atoms with Crippen molar-refractivity contribution in [3.05, 3.63) is 54.1 Å². The first-order valence-electron chi connectivity index (χ1n) is 10.0. The quantitative estimate of drug-likeness (QED) is 0.741. The molecule has 6 nitrogen and oxygen atoms in total. The zero-order valence-corrected chi connectivity index (χ0v) is 16.9. The van der Waals surface area contributed by atoms with E-state index in [1.54, 1.807) is 42.5 Å². The maximum Gasteiger partial charge on any atom is 0.259 e. The Balaban J connectivity index is 1.49. The van der Waals surface area contributed by atoms with E-state index in [-0.39, 0.29) is 24.5 Å². The fourth-order valence-electron chi connectivity index (χ4n) is 3.59. The SMILES string of the molecule is COc1ccccc1C(=O)Nc1ccc(OCC(=O)N[C@@H]2CCCC[C@H]2C)cc1. The molecule has 0 unspecified atom stereocenters. The molecule has 1 aliphatic rings. The Morgan fingerprint density at radius 3 is 2.48 bits per heavy atom. The van der Waals surface area contributed by atoms with E-state index in [0.717, 1.165) is 19.3 Å². The van der Waals surface area contributed by atoms with Gasteiger partial charge in [0.1, 0.15) is 11.5 Å². The normalized spacial score (nSPS) is 18.6. The van der Waals surface area contributed by atoms with Gasteiger partial charge in [-0.15, -0.1) is 0 Å². The maximum atomic E-state index is 12.4. The summed E-state index contributed by atoms with van der Waals surface area (Å²) in [5, 5.41) is 5.90. The second-order valence-corrected chi connectivity index (χ2v) is 7.40. The molecule has 2 atom stereocenters. The van der Waals surface area contributed by atoms with Crippen LogP contribution in [0.5, 0.6) is 11.5 Å². The monoisotopic (exact) mass is 396 g/mol. The third kappa shape index (κ3) is 5.73. The molecular weight excluding hydrogens is 368 g/mol. The lowest BCUT2D eigenvalue weighted by Gasteiger charge is -2.29. The fourth-order valence-corrected chi connectivity index (χ4v) is 3.59. The van der Waals surface area contributed by atoms with Crippen LogP contribution < -0.4 is 20.1 Å². The molecule has 2 aromatic rings. The smallest absolute Gasteiger partial charge is 0.259 e. The summed E-state index contributed by atoms with van der Waals surface area (Å²) in [7, 11) is 1.53. The standard InChI is InChI=1S/C23H28N2O4/c1-16-7-3-5-9-20(16)25-22(26)15-29-18-13-11-17(12-14-18)24-23(27)19-8-4-6-10-21(19)28-2/h4,6,8,10-14,16,20H,3,5,7,9,15H2,1-2H3,(H,24,27)(H,25,26)/t16-,20-/m1/s1. The van der Waals surface area contributed by atoms with Gasteiger partial charge in [0.2, 0.25) is 0 Å². The zero-order valence-electron chi connectivity index (χ0n) is 16.9. The Hall–Kier alpha value is -3.02. The van der Waals surface area contributed by atoms with E-state index in [9.17, 15) is 9.59 Å². The molecule has 0 aliphatic heterocycles. The van der Waals surface area contributed by atoms with Crippen molar-refractivity contribution in [2.45, 2.75) is 38.6 Å². The molecule has 0 bridgehead atoms. The van der Waals surface area contributed by atoms with E-state index in [2.05, 4.69) is 17.6 Å². The third-order valence-corrected chi connectivity index (χ3v) is 5.29. The number of nitrogens with one attached hydrogen (secondary N) is 2. The van der Waals surface area contributed by atoms with Crippen LogP contribution in [0.1, 0.15) is 43.0 Å². The van der Waals surface area contributed by atoms with Crippen LogP contribution in [-0.2, 0) is 4.79 Å². The lowest BCUT2D eigenvalue weighted by molar-refractivity contribution is -0.124. The van der Waals surface area contributed by atoms with E-state index >= 15 is 0 Å². The highest BCUT2D eigenvalue weighted by molar-refractivity contribution is 6.06. The van der Waals surface area contributed by atoms with E-state index < -0.39 is 0 Å². The van der Waals surface area contributed by atoms with Crippen molar-refractivity contribution < 1.29 is 19.1 Å². The summed E-state index contributed by atoms with van der Waals surface area (Å²) in [6.07, 6.45) is 4.60. The van der Waals surface area contributed by atoms with E-state index in [1.165, 1.54) is 13.5 Å². The highest BCUT2D eigenvalue weighted by Gasteiger charge is 2.22. The first-order valence-corrected chi connectivity index (χ1v) is 10.0. The van der Waals surface area contributed by atoms with Gasteiger partial charge in [0.05, 0.1) is 12.7 Å². The van der Waals surface area contributed by atoms with E-state index in [1.807, 2.05) is 6.07 Å². The molecule has 1 aliphatic carbocycles. The predicted molar refractivity (Wildman–Crippen MR) is 112 cm³/mol. The molecule has 154 valence electrons. The van der Waals surface area contributed by atoms with E-state index in [4.69, 9.17) is 9.47 Å². The predicted octanol–water partition coefficient (Wildman–Crippen LogP) is 4.02. The van der Waals surface area contributed by atoms with Crippen molar-refractivity contribution in [1.82, 2.24) is 5.32 Å². The minimum absolute atomic E-state index is 0.0177. The number of anilines is 1. The number of para-hydroxylation sites is 1. The topological polar surface area (TPSA) is 76.7 Å². The summed E-state index contributed by atoms with van der Waals surface area (Å²) in [4.78, 5) is 24.6. The molecule has 0 spiro atoms. The number of amides is 2. The highest BCUT2D eigenvalue weighted by Crippen LogP contribution is 2.24. The minimum atomic E-state index is -0.253. The number of benzene rings is 2. The third-order valence-electron chi connectivity index (χ3n) is 5.29. The molecule has 0 saturated heterocycles. The van der Waals surface area contributed by atoms with Gasteiger partial charge in [-0.25, -0.2) is 0 Å². The van der Waals surface area contributed by atoms with Gasteiger partial charge in [-0.05, 0) is 55.2 Å². The zero-order chi connectivity index (χ0) is 20.6. The number of hydrogen-bond donors (Lipinski definition) is 2. The van der Waals surface area contributed by atoms with Gasteiger partial charge in [0, 0.05) is 11.7 Å². The van der Waals surface area contributed by atoms with Crippen LogP contribution in [-0.4, -0.2) is 31.6 Å². The Morgan fingerprint density at radius 1 is 1.03 bits per heavy atom. The number of hydrogen-bond acceptors (Lipinski definition) is 4. The molecule has 6 heteroatoms. The van der Waals surface area contributed by atoms with Gasteiger partial charge in [0.15, 0.2) is 6.61 Å². The Kier molecular flexibility index (Phi) is 7.11. The van der Waals surface area contributed by atoms with Crippen LogP contribution in [0.4, 0.5) is 5.69 Å². The largest absolute Gasteiger partial charge is 0.496 e. The van der Waals surface area contributed by atoms with Gasteiger partial charge in [-0.2, -0.15) is 0 Å². The fraction of sp³-hybridized carbons (Fsp3) is 0.391. The lowest BCUT2D eigenvalue weighted by Crippen LogP contribution is -2.43. The van der Waals surface area contributed by atoms with Crippen LogP contribution in [0.3, 0.4) is 0 Å². The summed E-state index contributed by atoms with van der Waals surface area (Å²) in [5.41, 5.74) is 1.10. The van der Waals surface area contributed by atoms with E-state index in [0.29, 0.717) is 28.7 Å². The average molecular weight is 396 g/mol. The molecule has 0 aromatic heterocycles. The maximum absolute atomic E-state index is 12.4. The molecule has 2 amide bonds. The number of carbonyl (C=O) groups excluding carboxylic acids is 2. The van der Waals surface area contributed by atoms with Crippen LogP contribution in [0, 0.1) is 5.92 Å². The first-order chi connectivity index (χ1) is 14.1. The number of carbonyl (C=O) groups is 2. The summed E-state index contributed by atoms with van der Waals surface area (Å²) in [5.74, 6) is 1.25. The van der Waals surface area contributed by atoms with Gasteiger partial charge < -0.3 is 20.1 Å². The molecule has 1 saturated carbocycles. The lowest BCUT2D eigenvalue weighted by atomic mass is 9.86. The van der Waals surface area contributed by atoms with Crippen molar-refractivity contribution in [2.75, 3.05) is 19.0 Å². The van der Waals surface area contributed by atoms with Crippen molar-refractivity contribution in [3.63, 3.8) is 0 Å². The van der Waals surface area contributed by atoms with Crippen molar-refractivity contribution in [2.24, 2.45) is 5.92 Å². The Labute approximate surface area is 171 Å². The Morgan fingerprint density at radius 2 is 1.76 bits per heavy atom. The van der Waals surface area contributed by atoms with Crippen LogP contribution in [0.25, 0.3) is 0 Å². The highest BCUT2D eigenvalue weighted by atomic mass is 16.5. The molecule has 2 N–H and O–H groups in total. The summed E-state index contributed by atoms with van der Waals surface area (Å²) in [6.45, 7) is 2.17. The van der Waals surface area contributed by atoms with Gasteiger partial charge in [0.25, 0.3) is 11.8 Å². The molecule has 3 rings (SSSR count). The second kappa shape index (κ2) is 9.96. The number of rotatable bonds is 7. The van der Waals surface area contributed by atoms with Gasteiger partial charge >= 0.3 is 0 Å². The summed E-state index contributed by atoms with van der Waals surface area (Å²) < 4.78 is 10.8. The minimum Gasteiger partial charge on any atom is -0.496 e. The van der Waals surface area contributed by atoms with Crippen molar-refractivity contribution >= 4 is 17.5 Å². The van der Waals surface area contributed by atoms with Crippen LogP contribution in [0.2, 0.25) is 0 Å². The average Bonchev–Trinajstić information content (AvgIpc) is 2.75. The molecule has 0 heterocycles. The number of methoxy groups -OCH3 is 1. The van der Waals surface area contributed by atoms with Crippen LogP contribution in [0.15, 0.2) is 48.5 Å². The Bertz CT molecular complexity index is 835. The van der Waals surface area contributed by atoms with Crippen LogP contribution >= 0.6 is 0 Å². The van der Waals surface area contributed by atoms with Gasteiger partial charge in [-0.1, -0.05) is 31.9 Å².